The Morgan fingerprint density at radius 3 is 2.67 bits per heavy atom. The highest BCUT2D eigenvalue weighted by atomic mass is 19.1. The highest BCUT2D eigenvalue weighted by molar-refractivity contribution is 6.01. The number of Topliss-reactive ketones (excluding diaryl/α,β-unsaturated/α-hetero) is 1. The molecule has 0 aliphatic heterocycles. The van der Waals surface area contributed by atoms with Crippen LogP contribution in [0.2, 0.25) is 0 Å². The second-order valence-corrected chi connectivity index (χ2v) is 9.22. The standard InChI is InChI=1S/C22H27FO4/c1-12-8-16-14-10-18(23)17-9-13(25)4-6-20(17,2)15(14)5-7-21(16,3)22(12,27)19(26)11-24/h4-6,9,12,14,16,18,24,27H,7-8,10-11H2,1-3H3/t12-,14-,16+,18+,20-,21+,22+/m1/s1. The lowest BCUT2D eigenvalue weighted by molar-refractivity contribution is -0.161. The Bertz CT molecular complexity index is 811. The maximum absolute atomic E-state index is 15.2. The minimum atomic E-state index is -1.60. The van der Waals surface area contributed by atoms with Crippen molar-refractivity contribution in [3.05, 3.63) is 35.5 Å². The van der Waals surface area contributed by atoms with Gasteiger partial charge >= 0.3 is 0 Å². The number of fused-ring (bicyclic) bond motifs is 5. The van der Waals surface area contributed by atoms with Crippen molar-refractivity contribution in [2.45, 2.75) is 51.8 Å². The van der Waals surface area contributed by atoms with E-state index < -0.39 is 35.0 Å². The van der Waals surface area contributed by atoms with Crippen LogP contribution in [0.25, 0.3) is 0 Å². The van der Waals surface area contributed by atoms with Gasteiger partial charge in [0, 0.05) is 10.8 Å². The maximum Gasteiger partial charge on any atom is 0.190 e. The number of carbonyl (C=O) groups excluding carboxylic acids is 2. The molecule has 0 aromatic carbocycles. The average molecular weight is 374 g/mol. The fraction of sp³-hybridized carbons (Fsp3) is 0.636. The van der Waals surface area contributed by atoms with E-state index in [0.29, 0.717) is 18.4 Å². The summed E-state index contributed by atoms with van der Waals surface area (Å²) >= 11 is 0. The van der Waals surface area contributed by atoms with Gasteiger partial charge in [-0.15, -0.1) is 0 Å². The summed E-state index contributed by atoms with van der Waals surface area (Å²) in [6, 6.07) is 0. The van der Waals surface area contributed by atoms with Crippen molar-refractivity contribution in [1.82, 2.24) is 0 Å². The Kier molecular flexibility index (Phi) is 3.97. The molecule has 0 radical (unpaired) electrons. The van der Waals surface area contributed by atoms with E-state index in [0.717, 1.165) is 5.57 Å². The summed E-state index contributed by atoms with van der Waals surface area (Å²) in [7, 11) is 0. The van der Waals surface area contributed by atoms with Gasteiger partial charge in [0.2, 0.25) is 0 Å². The second-order valence-electron chi connectivity index (χ2n) is 9.22. The zero-order chi connectivity index (χ0) is 19.8. The van der Waals surface area contributed by atoms with E-state index in [1.807, 2.05) is 20.8 Å². The minimum absolute atomic E-state index is 0.0457. The van der Waals surface area contributed by atoms with Crippen LogP contribution in [-0.4, -0.2) is 40.2 Å². The van der Waals surface area contributed by atoms with Gasteiger partial charge in [-0.05, 0) is 61.7 Å². The zero-order valence-electron chi connectivity index (χ0n) is 16.0. The topological polar surface area (TPSA) is 74.6 Å². The molecule has 0 amide bonds. The zero-order valence-corrected chi connectivity index (χ0v) is 16.0. The number of carbonyl (C=O) groups is 2. The quantitative estimate of drug-likeness (QED) is 0.729. The van der Waals surface area contributed by atoms with Gasteiger partial charge in [-0.1, -0.05) is 31.6 Å². The van der Waals surface area contributed by atoms with Crippen molar-refractivity contribution in [2.24, 2.45) is 28.6 Å². The summed E-state index contributed by atoms with van der Waals surface area (Å²) in [5.74, 6) is -1.16. The van der Waals surface area contributed by atoms with Crippen LogP contribution in [0.4, 0.5) is 4.39 Å². The fourth-order valence-electron chi connectivity index (χ4n) is 6.59. The molecular formula is C22H27FO4. The van der Waals surface area contributed by atoms with Gasteiger partial charge in [-0.2, -0.15) is 0 Å². The van der Waals surface area contributed by atoms with E-state index in [4.69, 9.17) is 0 Å². The number of halogens is 1. The van der Waals surface area contributed by atoms with E-state index in [9.17, 15) is 19.8 Å². The van der Waals surface area contributed by atoms with Gasteiger partial charge in [0.05, 0.1) is 0 Å². The van der Waals surface area contributed by atoms with Crippen molar-refractivity contribution in [3.63, 3.8) is 0 Å². The minimum Gasteiger partial charge on any atom is -0.388 e. The fourth-order valence-corrected chi connectivity index (χ4v) is 6.59. The van der Waals surface area contributed by atoms with Gasteiger partial charge in [0.25, 0.3) is 0 Å². The van der Waals surface area contributed by atoms with Gasteiger partial charge in [-0.3, -0.25) is 9.59 Å². The number of aliphatic hydroxyl groups excluding tert-OH is 1. The van der Waals surface area contributed by atoms with Crippen molar-refractivity contribution < 1.29 is 24.2 Å². The summed E-state index contributed by atoms with van der Waals surface area (Å²) in [6.45, 7) is 5.02. The molecule has 0 heterocycles. The van der Waals surface area contributed by atoms with Gasteiger partial charge in [0.1, 0.15) is 18.4 Å². The third-order valence-corrected chi connectivity index (χ3v) is 8.09. The van der Waals surface area contributed by atoms with Crippen LogP contribution in [0, 0.1) is 28.6 Å². The molecular weight excluding hydrogens is 347 g/mol. The van der Waals surface area contributed by atoms with E-state index in [1.165, 1.54) is 12.2 Å². The van der Waals surface area contributed by atoms with Gasteiger partial charge in [0.15, 0.2) is 11.6 Å². The normalized spacial score (nSPS) is 48.3. The third kappa shape index (κ3) is 2.16. The second kappa shape index (κ2) is 5.71. The molecule has 0 aromatic heterocycles. The molecule has 4 aliphatic rings. The van der Waals surface area contributed by atoms with Crippen molar-refractivity contribution in [3.8, 4) is 0 Å². The number of allylic oxidation sites excluding steroid dienone is 6. The Hall–Kier alpha value is -1.59. The largest absolute Gasteiger partial charge is 0.388 e. The monoisotopic (exact) mass is 374 g/mol. The summed E-state index contributed by atoms with van der Waals surface area (Å²) in [4.78, 5) is 24.3. The highest BCUT2D eigenvalue weighted by Gasteiger charge is 2.67. The van der Waals surface area contributed by atoms with Crippen LogP contribution in [0.1, 0.15) is 40.0 Å². The summed E-state index contributed by atoms with van der Waals surface area (Å²) in [5, 5.41) is 20.8. The number of hydrogen-bond donors (Lipinski definition) is 2. The maximum atomic E-state index is 15.2. The predicted octanol–water partition coefficient (Wildman–Crippen LogP) is 2.70. The van der Waals surface area contributed by atoms with Crippen LogP contribution in [0.15, 0.2) is 35.5 Å². The number of alkyl halides is 1. The Morgan fingerprint density at radius 2 is 2.00 bits per heavy atom. The van der Waals surface area contributed by atoms with Crippen LogP contribution in [0.3, 0.4) is 0 Å². The van der Waals surface area contributed by atoms with Crippen molar-refractivity contribution in [2.75, 3.05) is 6.61 Å². The van der Waals surface area contributed by atoms with E-state index >= 15 is 4.39 Å². The first kappa shape index (κ1) is 18.8. The molecule has 0 bridgehead atoms. The molecule has 7 atom stereocenters. The molecule has 2 fully saturated rings. The molecule has 4 rings (SSSR count). The number of rotatable bonds is 2. The number of hydrogen-bond acceptors (Lipinski definition) is 4. The van der Waals surface area contributed by atoms with E-state index in [2.05, 4.69) is 6.08 Å². The molecule has 2 saturated carbocycles. The highest BCUT2D eigenvalue weighted by Crippen LogP contribution is 2.66. The first-order valence-electron chi connectivity index (χ1n) is 9.76. The van der Waals surface area contributed by atoms with Crippen LogP contribution < -0.4 is 0 Å². The first-order chi connectivity index (χ1) is 12.6. The summed E-state index contributed by atoms with van der Waals surface area (Å²) in [6.07, 6.45) is 6.96. The number of aliphatic hydroxyl groups is 2. The van der Waals surface area contributed by atoms with Crippen LogP contribution >= 0.6 is 0 Å². The lowest BCUT2D eigenvalue weighted by Gasteiger charge is -2.54. The molecule has 0 aromatic rings. The molecule has 27 heavy (non-hydrogen) atoms. The average Bonchev–Trinajstić information content (AvgIpc) is 2.84. The smallest absolute Gasteiger partial charge is 0.190 e. The van der Waals surface area contributed by atoms with Gasteiger partial charge in [-0.25, -0.2) is 4.39 Å². The molecule has 0 saturated heterocycles. The Labute approximate surface area is 158 Å². The molecule has 4 nitrogen and oxygen atoms in total. The predicted molar refractivity (Wildman–Crippen MR) is 98.5 cm³/mol. The Morgan fingerprint density at radius 1 is 1.30 bits per heavy atom. The van der Waals surface area contributed by atoms with E-state index in [-0.39, 0.29) is 30.0 Å². The molecule has 5 heteroatoms. The molecule has 2 N–H and O–H groups in total. The molecule has 146 valence electrons. The van der Waals surface area contributed by atoms with E-state index in [1.54, 1.807) is 6.08 Å². The first-order valence-corrected chi connectivity index (χ1v) is 9.76. The Balaban J connectivity index is 1.82. The van der Waals surface area contributed by atoms with Crippen molar-refractivity contribution >= 4 is 11.6 Å². The van der Waals surface area contributed by atoms with Crippen LogP contribution in [0.5, 0.6) is 0 Å². The number of ketones is 2. The van der Waals surface area contributed by atoms with Gasteiger partial charge < -0.3 is 10.2 Å². The molecule has 0 spiro atoms. The van der Waals surface area contributed by atoms with Crippen molar-refractivity contribution in [1.29, 1.82) is 0 Å². The summed E-state index contributed by atoms with van der Waals surface area (Å²) < 4.78 is 15.2. The third-order valence-electron chi connectivity index (χ3n) is 8.09. The SMILES string of the molecule is C[C@@H]1C[C@H]2[C@@H]3C[C@H](F)C4=CC(=O)C=C[C@]4(C)C3=CC[C@]2(C)[C@@]1(O)C(=O)CO. The lowest BCUT2D eigenvalue weighted by atomic mass is 9.51. The lowest BCUT2D eigenvalue weighted by Crippen LogP contribution is -2.57. The van der Waals surface area contributed by atoms with Crippen LogP contribution in [-0.2, 0) is 9.59 Å². The summed E-state index contributed by atoms with van der Waals surface area (Å²) in [5.41, 5.74) is -1.33. The molecule has 0 unspecified atom stereocenters. The molecule has 4 aliphatic carbocycles.